The highest BCUT2D eigenvalue weighted by molar-refractivity contribution is 5.94. The molecule has 0 unspecified atom stereocenters. The van der Waals surface area contributed by atoms with Crippen LogP contribution in [0.3, 0.4) is 0 Å². The molecule has 0 radical (unpaired) electrons. The first-order valence-electron chi connectivity index (χ1n) is 5.52. The highest BCUT2D eigenvalue weighted by Gasteiger charge is 2.09. The zero-order chi connectivity index (χ0) is 12.2. The lowest BCUT2D eigenvalue weighted by molar-refractivity contribution is 0.101. The minimum absolute atomic E-state index is 0.0923. The molecule has 1 rings (SSSR count). The van der Waals surface area contributed by atoms with Gasteiger partial charge in [0.15, 0.2) is 5.78 Å². The first-order valence-corrected chi connectivity index (χ1v) is 5.52. The monoisotopic (exact) mass is 220 g/mol. The maximum absolute atomic E-state index is 11.1. The van der Waals surface area contributed by atoms with Gasteiger partial charge in [-0.05, 0) is 51.5 Å². The Kier molecular flexibility index (Phi) is 4.07. The Morgan fingerprint density at radius 3 is 2.31 bits per heavy atom. The first-order chi connectivity index (χ1) is 7.38. The van der Waals surface area contributed by atoms with E-state index in [1.807, 2.05) is 38.1 Å². The fourth-order valence-corrected chi connectivity index (χ4v) is 1.35. The highest BCUT2D eigenvalue weighted by Crippen LogP contribution is 2.11. The Morgan fingerprint density at radius 2 is 1.88 bits per heavy atom. The molecule has 3 heteroatoms. The quantitative estimate of drug-likeness (QED) is 0.749. The van der Waals surface area contributed by atoms with Gasteiger partial charge >= 0.3 is 0 Å². The summed E-state index contributed by atoms with van der Waals surface area (Å²) in [5.74, 6) is 0.0923. The number of anilines is 1. The summed E-state index contributed by atoms with van der Waals surface area (Å²) < 4.78 is 0. The summed E-state index contributed by atoms with van der Waals surface area (Å²) in [6, 6.07) is 7.50. The third-order valence-corrected chi connectivity index (χ3v) is 2.39. The second-order valence-corrected chi connectivity index (χ2v) is 4.80. The van der Waals surface area contributed by atoms with Crippen molar-refractivity contribution >= 4 is 11.5 Å². The molecule has 1 aromatic carbocycles. The zero-order valence-electron chi connectivity index (χ0n) is 10.2. The van der Waals surface area contributed by atoms with E-state index >= 15 is 0 Å². The fraction of sp³-hybridized carbons (Fsp3) is 0.462. The normalized spacial score (nSPS) is 11.2. The number of carbonyl (C=O) groups excluding carboxylic acids is 1. The number of nitrogens with one attached hydrogen (secondary N) is 1. The molecule has 0 bridgehead atoms. The van der Waals surface area contributed by atoms with E-state index in [1.54, 1.807) is 6.92 Å². The van der Waals surface area contributed by atoms with Gasteiger partial charge in [0.2, 0.25) is 0 Å². The number of hydrogen-bond acceptors (Lipinski definition) is 3. The summed E-state index contributed by atoms with van der Waals surface area (Å²) in [7, 11) is 0. The number of nitrogens with two attached hydrogens (primary N) is 1. The largest absolute Gasteiger partial charge is 0.385 e. The highest BCUT2D eigenvalue weighted by atomic mass is 16.1. The van der Waals surface area contributed by atoms with Crippen LogP contribution in [0.5, 0.6) is 0 Å². The molecule has 0 amide bonds. The van der Waals surface area contributed by atoms with Crippen LogP contribution in [0, 0.1) is 0 Å². The SMILES string of the molecule is CC(=O)c1ccc(NCCC(C)(C)N)cc1. The number of hydrogen-bond donors (Lipinski definition) is 2. The van der Waals surface area contributed by atoms with Crippen molar-refractivity contribution in [2.45, 2.75) is 32.7 Å². The van der Waals surface area contributed by atoms with E-state index in [1.165, 1.54) is 0 Å². The van der Waals surface area contributed by atoms with Crippen molar-refractivity contribution in [3.05, 3.63) is 29.8 Å². The molecular formula is C13H20N2O. The van der Waals surface area contributed by atoms with Crippen molar-refractivity contribution in [2.24, 2.45) is 5.73 Å². The van der Waals surface area contributed by atoms with Gasteiger partial charge in [-0.3, -0.25) is 4.79 Å². The predicted octanol–water partition coefficient (Wildman–Crippen LogP) is 2.43. The maximum Gasteiger partial charge on any atom is 0.159 e. The standard InChI is InChI=1S/C13H20N2O/c1-10(16)11-4-6-12(7-5-11)15-9-8-13(2,3)14/h4-7,15H,8-9,14H2,1-3H3. The average Bonchev–Trinajstić information content (AvgIpc) is 2.16. The van der Waals surface area contributed by atoms with Crippen LogP contribution >= 0.6 is 0 Å². The van der Waals surface area contributed by atoms with Crippen molar-refractivity contribution < 1.29 is 4.79 Å². The molecule has 0 aliphatic heterocycles. The molecule has 0 aliphatic carbocycles. The van der Waals surface area contributed by atoms with Crippen LogP contribution in [-0.4, -0.2) is 17.9 Å². The summed E-state index contributed by atoms with van der Waals surface area (Å²) in [4.78, 5) is 11.1. The lowest BCUT2D eigenvalue weighted by Crippen LogP contribution is -2.34. The van der Waals surface area contributed by atoms with Gasteiger partial charge in [-0.2, -0.15) is 0 Å². The van der Waals surface area contributed by atoms with Crippen LogP contribution in [0.4, 0.5) is 5.69 Å². The van der Waals surface area contributed by atoms with Gasteiger partial charge in [0.05, 0.1) is 0 Å². The second-order valence-electron chi connectivity index (χ2n) is 4.80. The van der Waals surface area contributed by atoms with Crippen molar-refractivity contribution in [3.63, 3.8) is 0 Å². The summed E-state index contributed by atoms with van der Waals surface area (Å²) in [5.41, 5.74) is 7.50. The smallest absolute Gasteiger partial charge is 0.159 e. The van der Waals surface area contributed by atoms with Crippen molar-refractivity contribution in [2.75, 3.05) is 11.9 Å². The molecule has 0 aromatic heterocycles. The molecule has 0 aliphatic rings. The fourth-order valence-electron chi connectivity index (χ4n) is 1.35. The Bertz CT molecular complexity index is 349. The number of ketones is 1. The van der Waals surface area contributed by atoms with Gasteiger partial charge in [0.25, 0.3) is 0 Å². The summed E-state index contributed by atoms with van der Waals surface area (Å²) in [5, 5.41) is 3.28. The Morgan fingerprint density at radius 1 is 1.31 bits per heavy atom. The molecule has 0 fully saturated rings. The summed E-state index contributed by atoms with van der Waals surface area (Å²) >= 11 is 0. The molecule has 3 N–H and O–H groups in total. The first kappa shape index (κ1) is 12.7. The van der Waals surface area contributed by atoms with Gasteiger partial charge in [0, 0.05) is 23.3 Å². The third-order valence-electron chi connectivity index (χ3n) is 2.39. The molecular weight excluding hydrogens is 200 g/mol. The lowest BCUT2D eigenvalue weighted by Gasteiger charge is -2.18. The van der Waals surface area contributed by atoms with Gasteiger partial charge < -0.3 is 11.1 Å². The van der Waals surface area contributed by atoms with Crippen LogP contribution in [0.1, 0.15) is 37.6 Å². The van der Waals surface area contributed by atoms with Crippen LogP contribution in [-0.2, 0) is 0 Å². The average molecular weight is 220 g/mol. The molecule has 16 heavy (non-hydrogen) atoms. The van der Waals surface area contributed by atoms with Crippen LogP contribution in [0.2, 0.25) is 0 Å². The number of rotatable bonds is 5. The van der Waals surface area contributed by atoms with Gasteiger partial charge in [-0.15, -0.1) is 0 Å². The van der Waals surface area contributed by atoms with E-state index in [0.29, 0.717) is 0 Å². The number of Topliss-reactive ketones (excluding diaryl/α,β-unsaturated/α-hetero) is 1. The Balaban J connectivity index is 2.47. The van der Waals surface area contributed by atoms with E-state index < -0.39 is 0 Å². The summed E-state index contributed by atoms with van der Waals surface area (Å²) in [6.45, 7) is 6.42. The zero-order valence-corrected chi connectivity index (χ0v) is 10.2. The molecule has 3 nitrogen and oxygen atoms in total. The van der Waals surface area contributed by atoms with Crippen LogP contribution in [0.15, 0.2) is 24.3 Å². The number of benzene rings is 1. The van der Waals surface area contributed by atoms with Crippen molar-refractivity contribution in [3.8, 4) is 0 Å². The van der Waals surface area contributed by atoms with Crippen LogP contribution < -0.4 is 11.1 Å². The van der Waals surface area contributed by atoms with Gasteiger partial charge in [0.1, 0.15) is 0 Å². The third kappa shape index (κ3) is 4.45. The second kappa shape index (κ2) is 5.12. The summed E-state index contributed by atoms with van der Waals surface area (Å²) in [6.07, 6.45) is 0.904. The lowest BCUT2D eigenvalue weighted by atomic mass is 10.0. The van der Waals surface area contributed by atoms with E-state index in [4.69, 9.17) is 5.73 Å². The minimum atomic E-state index is -0.147. The Labute approximate surface area is 97.0 Å². The molecule has 0 spiro atoms. The van der Waals surface area contributed by atoms with Crippen LogP contribution in [0.25, 0.3) is 0 Å². The topological polar surface area (TPSA) is 55.1 Å². The molecule has 88 valence electrons. The van der Waals surface area contributed by atoms with Gasteiger partial charge in [-0.1, -0.05) is 0 Å². The van der Waals surface area contributed by atoms with Crippen molar-refractivity contribution in [1.29, 1.82) is 0 Å². The molecule has 0 atom stereocenters. The number of carbonyl (C=O) groups is 1. The Hall–Kier alpha value is -1.35. The minimum Gasteiger partial charge on any atom is -0.385 e. The van der Waals surface area contributed by atoms with E-state index in [-0.39, 0.29) is 11.3 Å². The predicted molar refractivity (Wildman–Crippen MR) is 67.8 cm³/mol. The van der Waals surface area contributed by atoms with Gasteiger partial charge in [-0.25, -0.2) is 0 Å². The molecule has 0 saturated carbocycles. The van der Waals surface area contributed by atoms with E-state index in [9.17, 15) is 4.79 Å². The molecule has 1 aromatic rings. The molecule has 0 saturated heterocycles. The van der Waals surface area contributed by atoms with E-state index in [0.717, 1.165) is 24.2 Å². The maximum atomic E-state index is 11.1. The van der Waals surface area contributed by atoms with E-state index in [2.05, 4.69) is 5.32 Å². The molecule has 0 heterocycles. The van der Waals surface area contributed by atoms with Crippen molar-refractivity contribution in [1.82, 2.24) is 0 Å².